The van der Waals surface area contributed by atoms with Crippen molar-refractivity contribution in [2.75, 3.05) is 37.7 Å². The molecule has 0 radical (unpaired) electrons. The van der Waals surface area contributed by atoms with Crippen LogP contribution in [-0.2, 0) is 60.8 Å². The van der Waals surface area contributed by atoms with E-state index in [2.05, 4.69) is 77.8 Å². The molecule has 1 heterocycles. The number of rotatable bonds is 37. The summed E-state index contributed by atoms with van der Waals surface area (Å²) in [6, 6.07) is 4.73. The Labute approximate surface area is 512 Å². The van der Waals surface area contributed by atoms with Crippen LogP contribution in [0.1, 0.15) is 90.2 Å². The molecule has 10 atom stereocenters. The normalized spacial score (nSPS) is 16.0. The summed E-state index contributed by atoms with van der Waals surface area (Å²) in [5.74, 6) is -9.69. The third-order valence-corrected chi connectivity index (χ3v) is 14.4. The number of carboxylic acids is 1. The fourth-order valence-corrected chi connectivity index (χ4v) is 9.72. The molecule has 3 rings (SSSR count). The van der Waals surface area contributed by atoms with Gasteiger partial charge in [-0.2, -0.15) is 25.3 Å². The number of amides is 9. The maximum absolute atomic E-state index is 14.6. The van der Waals surface area contributed by atoms with Gasteiger partial charge < -0.3 is 86.3 Å². The van der Waals surface area contributed by atoms with Gasteiger partial charge in [0.15, 0.2) is 11.9 Å². The first-order chi connectivity index (χ1) is 40.8. The number of aliphatic hydroxyl groups excluding tert-OH is 1. The molecule has 0 aliphatic carbocycles. The molecule has 0 aromatic heterocycles. The monoisotopic (exact) mass is 1240 g/mol. The van der Waals surface area contributed by atoms with Gasteiger partial charge in [-0.3, -0.25) is 53.1 Å². The number of nitrogens with one attached hydrogen (secondary N) is 8. The Morgan fingerprint density at radius 3 is 1.43 bits per heavy atom. The van der Waals surface area contributed by atoms with E-state index >= 15 is 0 Å². The molecule has 2 aromatic carbocycles. The van der Waals surface area contributed by atoms with Gasteiger partial charge in [-0.1, -0.05) is 88.4 Å². The predicted molar refractivity (Wildman–Crippen MR) is 330 cm³/mol. The Morgan fingerprint density at radius 1 is 0.547 bits per heavy atom. The minimum absolute atomic E-state index is 0.0329. The number of aliphatic hydroxyl groups is 1. The minimum atomic E-state index is -1.60. The molecule has 1 aliphatic heterocycles. The number of aliphatic imine (C=N–C) groups is 2. The fraction of sp³-hybridized carbons (Fsp3) is 0.571. The molecular weight excluding hydrogens is 1150 g/mol. The smallest absolute Gasteiger partial charge is 0.326 e. The zero-order valence-electron chi connectivity index (χ0n) is 49.1. The van der Waals surface area contributed by atoms with Crippen molar-refractivity contribution in [2.45, 2.75) is 152 Å². The number of guanidine groups is 2. The molecule has 86 heavy (non-hydrogen) atoms. The van der Waals surface area contributed by atoms with Crippen LogP contribution in [0.5, 0.6) is 0 Å². The van der Waals surface area contributed by atoms with Crippen LogP contribution < -0.4 is 71.2 Å². The first-order valence-electron chi connectivity index (χ1n) is 28.5. The number of thiol groups is 2. The van der Waals surface area contributed by atoms with E-state index in [0.717, 1.165) is 5.56 Å². The predicted octanol–water partition coefficient (Wildman–Crippen LogP) is -3.20. The summed E-state index contributed by atoms with van der Waals surface area (Å²) in [5.41, 5.74) is 29.3. The first-order valence-corrected chi connectivity index (χ1v) is 29.8. The summed E-state index contributed by atoms with van der Waals surface area (Å²) in [7, 11) is 0. The SMILES string of the molecule is CC(C)C[C@H](NC(=O)[C@H](Cc1ccccc1)NC(=O)[C@H](CCCN=C(N)N)NC(=O)[C@H](CS)NC(=O)[C@@H](N)Cc1ccccc1)C(=O)N[C@@H](CC(C)C)C(=O)N[C@@H](CS)C(=O)N1CCC[C@H]1C(=O)N[C@@H](CO)C(=O)N[C@@H](CCCN=C(N)N)C(=O)O. The van der Waals surface area contributed by atoms with Gasteiger partial charge in [-0.15, -0.1) is 0 Å². The average Bonchev–Trinajstić information content (AvgIpc) is 4.06. The van der Waals surface area contributed by atoms with E-state index < -0.39 is 126 Å². The number of hydrogen-bond donors (Lipinski definition) is 17. The highest BCUT2D eigenvalue weighted by molar-refractivity contribution is 7.80. The van der Waals surface area contributed by atoms with Crippen LogP contribution in [0, 0.1) is 11.8 Å². The van der Waals surface area contributed by atoms with Crippen molar-refractivity contribution >= 4 is 96.3 Å². The summed E-state index contributed by atoms with van der Waals surface area (Å²) in [4.78, 5) is 147. The van der Waals surface area contributed by atoms with Gasteiger partial charge in [0.1, 0.15) is 54.4 Å². The van der Waals surface area contributed by atoms with Crippen LogP contribution in [-0.4, -0.2) is 184 Å². The van der Waals surface area contributed by atoms with Gasteiger partial charge in [-0.25, -0.2) is 4.79 Å². The van der Waals surface area contributed by atoms with Gasteiger partial charge in [0.2, 0.25) is 53.2 Å². The second kappa shape index (κ2) is 37.7. The molecule has 1 saturated heterocycles. The van der Waals surface area contributed by atoms with E-state index in [1.54, 1.807) is 68.4 Å². The molecule has 1 fully saturated rings. The van der Waals surface area contributed by atoms with E-state index in [-0.39, 0.29) is 113 Å². The quantitative estimate of drug-likeness (QED) is 0.0137. The van der Waals surface area contributed by atoms with Crippen LogP contribution in [0.4, 0.5) is 0 Å². The highest BCUT2D eigenvalue weighted by Gasteiger charge is 2.40. The lowest BCUT2D eigenvalue weighted by molar-refractivity contribution is -0.144. The number of nitrogens with zero attached hydrogens (tertiary/aromatic N) is 3. The van der Waals surface area contributed by atoms with Crippen LogP contribution in [0.25, 0.3) is 0 Å². The van der Waals surface area contributed by atoms with Crippen LogP contribution >= 0.6 is 25.3 Å². The molecule has 9 amide bonds. The van der Waals surface area contributed by atoms with Crippen LogP contribution in [0.2, 0.25) is 0 Å². The van der Waals surface area contributed by atoms with Crippen molar-refractivity contribution in [1.29, 1.82) is 0 Å². The molecule has 30 heteroatoms. The lowest BCUT2D eigenvalue weighted by atomic mass is 9.99. The maximum Gasteiger partial charge on any atom is 0.326 e. The van der Waals surface area contributed by atoms with Crippen molar-refractivity contribution in [3.05, 3.63) is 71.8 Å². The fourth-order valence-electron chi connectivity index (χ4n) is 9.22. The summed E-state index contributed by atoms with van der Waals surface area (Å²) in [6.45, 7) is 6.54. The standard InChI is InChI=1S/C56H88N16O12S2/c1-31(2)24-38(47(76)66-39(25-32(3)4)48(77)71-43(30-86)53(82)72-23-13-20-44(72)52(81)69-41(28-73)50(79)65-37(54(83)84)19-12-22-63-56(60)61)67-49(78)40(27-34-16-9-6-10-17-34)68-46(75)36(18-11-21-62-55(58)59)64-51(80)42(29-85)70-45(74)35(57)26-33-14-7-5-8-15-33/h5-10,14-17,31-32,35-44,73,85-86H,11-13,18-30,57H2,1-4H3,(H,64,80)(H,65,79)(H,66,76)(H,67,78)(H,68,75)(H,69,81)(H,70,74)(H,71,77)(H,83,84)(H4,58,59,62)(H4,60,61,63)/t35-,36-,37-,38-,39-,40-,41-,42-,43-,44-/m0/s1. The molecule has 28 nitrogen and oxygen atoms in total. The Kier molecular flexibility index (Phi) is 31.8. The van der Waals surface area contributed by atoms with Crippen LogP contribution in [0.15, 0.2) is 70.6 Å². The van der Waals surface area contributed by atoms with E-state index in [9.17, 15) is 58.2 Å². The van der Waals surface area contributed by atoms with Gasteiger partial charge in [0.25, 0.3) is 0 Å². The van der Waals surface area contributed by atoms with Crippen molar-refractivity contribution in [1.82, 2.24) is 47.4 Å². The van der Waals surface area contributed by atoms with Crippen molar-refractivity contribution < 1.29 is 58.2 Å². The molecule has 1 aliphatic rings. The Morgan fingerprint density at radius 2 is 0.953 bits per heavy atom. The van der Waals surface area contributed by atoms with E-state index in [0.29, 0.717) is 12.0 Å². The molecule has 20 N–H and O–H groups in total. The molecule has 0 bridgehead atoms. The van der Waals surface area contributed by atoms with Gasteiger partial charge in [-0.05, 0) is 80.8 Å². The zero-order valence-corrected chi connectivity index (χ0v) is 50.9. The van der Waals surface area contributed by atoms with E-state index in [1.807, 2.05) is 19.9 Å². The topological polar surface area (TPSA) is 465 Å². The highest BCUT2D eigenvalue weighted by Crippen LogP contribution is 2.20. The van der Waals surface area contributed by atoms with Gasteiger partial charge in [0, 0.05) is 37.6 Å². The number of carbonyl (C=O) groups is 10. The Hall–Kier alpha value is -7.70. The third kappa shape index (κ3) is 25.5. The molecule has 0 unspecified atom stereocenters. The minimum Gasteiger partial charge on any atom is -0.480 e. The van der Waals surface area contributed by atoms with Gasteiger partial charge in [0.05, 0.1) is 12.6 Å². The number of likely N-dealkylation sites (tertiary alicyclic amines) is 1. The second-order valence-electron chi connectivity index (χ2n) is 21.7. The number of carboxylic acid groups (broad SMARTS) is 1. The van der Waals surface area contributed by atoms with Gasteiger partial charge >= 0.3 is 5.97 Å². The van der Waals surface area contributed by atoms with Crippen molar-refractivity contribution in [2.24, 2.45) is 50.5 Å². The molecule has 476 valence electrons. The largest absolute Gasteiger partial charge is 0.480 e. The Bertz CT molecular complexity index is 2630. The molecule has 2 aromatic rings. The van der Waals surface area contributed by atoms with Crippen LogP contribution in [0.3, 0.4) is 0 Å². The highest BCUT2D eigenvalue weighted by atomic mass is 32.1. The summed E-state index contributed by atoms with van der Waals surface area (Å²) in [5, 5.41) is 40.7. The molecule has 0 saturated carbocycles. The van der Waals surface area contributed by atoms with E-state index in [1.165, 1.54) is 4.90 Å². The summed E-state index contributed by atoms with van der Waals surface area (Å²) < 4.78 is 0. The molecule has 0 spiro atoms. The third-order valence-electron chi connectivity index (χ3n) is 13.6. The maximum atomic E-state index is 14.6. The first kappa shape index (κ1) is 72.6. The number of benzene rings is 2. The summed E-state index contributed by atoms with van der Waals surface area (Å²) >= 11 is 8.64. The zero-order chi connectivity index (χ0) is 64.0. The lowest BCUT2D eigenvalue weighted by Crippen LogP contribution is -2.61. The Balaban J connectivity index is 1.83. The average molecular weight is 1240 g/mol. The number of aliphatic carboxylic acids is 1. The molecular formula is C56H88N16O12S2. The number of hydrogen-bond acceptors (Lipinski definition) is 16. The van der Waals surface area contributed by atoms with Crippen molar-refractivity contribution in [3.63, 3.8) is 0 Å². The number of carbonyl (C=O) groups excluding carboxylic acids is 9. The second-order valence-corrected chi connectivity index (χ2v) is 22.4. The number of nitrogens with two attached hydrogens (primary N) is 5. The van der Waals surface area contributed by atoms with Crippen molar-refractivity contribution in [3.8, 4) is 0 Å². The summed E-state index contributed by atoms with van der Waals surface area (Å²) in [6.07, 6.45) is 0.967. The lowest BCUT2D eigenvalue weighted by Gasteiger charge is -2.31. The van der Waals surface area contributed by atoms with E-state index in [4.69, 9.17) is 28.7 Å².